The third-order valence-electron chi connectivity index (χ3n) is 4.41. The van der Waals surface area contributed by atoms with Gasteiger partial charge in [0.2, 0.25) is 5.88 Å². The topological polar surface area (TPSA) is 85.7 Å². The molecule has 0 bridgehead atoms. The highest BCUT2D eigenvalue weighted by Gasteiger charge is 2.09. The number of rotatable bonds is 5. The van der Waals surface area contributed by atoms with E-state index in [1.54, 1.807) is 25.7 Å². The van der Waals surface area contributed by atoms with Crippen LogP contribution in [0.25, 0.3) is 22.2 Å². The van der Waals surface area contributed by atoms with Gasteiger partial charge in [0.05, 0.1) is 24.3 Å². The van der Waals surface area contributed by atoms with Crippen molar-refractivity contribution in [1.29, 1.82) is 0 Å². The Hall–Kier alpha value is -3.61. The molecule has 7 heteroatoms. The summed E-state index contributed by atoms with van der Waals surface area (Å²) in [6, 6.07) is 11.6. The SMILES string of the molecule is COc1ncccc1-c1cnc2ccc(Nc3cc(C(C)C)cnn3)nc2c1. The molecule has 4 aromatic heterocycles. The monoisotopic (exact) mass is 372 g/mol. The first-order chi connectivity index (χ1) is 13.6. The second-order valence-corrected chi connectivity index (χ2v) is 6.67. The number of hydrogen-bond acceptors (Lipinski definition) is 7. The van der Waals surface area contributed by atoms with Gasteiger partial charge in [0.1, 0.15) is 5.82 Å². The maximum Gasteiger partial charge on any atom is 0.221 e. The number of fused-ring (bicyclic) bond motifs is 1. The number of pyridine rings is 3. The molecule has 0 aliphatic rings. The van der Waals surface area contributed by atoms with Crippen molar-refractivity contribution in [3.63, 3.8) is 0 Å². The van der Waals surface area contributed by atoms with E-state index in [1.165, 1.54) is 0 Å². The fraction of sp³-hybridized carbons (Fsp3) is 0.190. The van der Waals surface area contributed by atoms with Crippen LogP contribution in [0.15, 0.2) is 55.0 Å². The molecule has 0 atom stereocenters. The minimum Gasteiger partial charge on any atom is -0.481 e. The highest BCUT2D eigenvalue weighted by Crippen LogP contribution is 2.29. The van der Waals surface area contributed by atoms with Crippen molar-refractivity contribution in [3.8, 4) is 17.0 Å². The third kappa shape index (κ3) is 3.59. The number of anilines is 2. The molecular formula is C21H20N6O. The van der Waals surface area contributed by atoms with Gasteiger partial charge in [0, 0.05) is 23.5 Å². The molecule has 1 N–H and O–H groups in total. The fourth-order valence-corrected chi connectivity index (χ4v) is 2.89. The molecule has 0 spiro atoms. The van der Waals surface area contributed by atoms with Crippen molar-refractivity contribution in [2.45, 2.75) is 19.8 Å². The first-order valence-corrected chi connectivity index (χ1v) is 9.00. The first kappa shape index (κ1) is 17.8. The minimum atomic E-state index is 0.377. The van der Waals surface area contributed by atoms with Crippen LogP contribution in [-0.2, 0) is 0 Å². The van der Waals surface area contributed by atoms with Crippen LogP contribution in [0.1, 0.15) is 25.3 Å². The smallest absolute Gasteiger partial charge is 0.221 e. The van der Waals surface area contributed by atoms with Crippen LogP contribution in [-0.4, -0.2) is 32.3 Å². The van der Waals surface area contributed by atoms with Crippen LogP contribution in [0.2, 0.25) is 0 Å². The predicted molar refractivity (Wildman–Crippen MR) is 109 cm³/mol. The molecule has 28 heavy (non-hydrogen) atoms. The molecule has 0 aliphatic heterocycles. The van der Waals surface area contributed by atoms with Gasteiger partial charge in [-0.15, -0.1) is 5.10 Å². The Balaban J connectivity index is 1.69. The molecule has 7 nitrogen and oxygen atoms in total. The lowest BCUT2D eigenvalue weighted by Crippen LogP contribution is -2.00. The van der Waals surface area contributed by atoms with Gasteiger partial charge in [0.25, 0.3) is 0 Å². The highest BCUT2D eigenvalue weighted by molar-refractivity contribution is 5.82. The second-order valence-electron chi connectivity index (χ2n) is 6.67. The normalized spacial score (nSPS) is 11.0. The van der Waals surface area contributed by atoms with Crippen molar-refractivity contribution in [1.82, 2.24) is 25.1 Å². The quantitative estimate of drug-likeness (QED) is 0.557. The summed E-state index contributed by atoms with van der Waals surface area (Å²) >= 11 is 0. The van der Waals surface area contributed by atoms with Crippen LogP contribution in [0.5, 0.6) is 5.88 Å². The van der Waals surface area contributed by atoms with Gasteiger partial charge in [-0.3, -0.25) is 4.98 Å². The summed E-state index contributed by atoms with van der Waals surface area (Å²) in [4.78, 5) is 13.5. The lowest BCUT2D eigenvalue weighted by atomic mass is 10.1. The zero-order valence-electron chi connectivity index (χ0n) is 15.9. The molecule has 4 aromatic rings. The largest absolute Gasteiger partial charge is 0.481 e. The summed E-state index contributed by atoms with van der Waals surface area (Å²) in [6.45, 7) is 4.24. The summed E-state index contributed by atoms with van der Waals surface area (Å²) < 4.78 is 5.36. The summed E-state index contributed by atoms with van der Waals surface area (Å²) in [5.41, 5.74) is 4.45. The van der Waals surface area contributed by atoms with E-state index in [4.69, 9.17) is 4.74 Å². The molecule has 0 unspecified atom stereocenters. The van der Waals surface area contributed by atoms with E-state index in [0.717, 1.165) is 27.7 Å². The molecule has 0 aliphatic carbocycles. The summed E-state index contributed by atoms with van der Waals surface area (Å²) in [6.07, 6.45) is 5.28. The van der Waals surface area contributed by atoms with Crippen molar-refractivity contribution >= 4 is 22.7 Å². The van der Waals surface area contributed by atoms with Gasteiger partial charge >= 0.3 is 0 Å². The van der Waals surface area contributed by atoms with Crippen molar-refractivity contribution in [2.24, 2.45) is 0 Å². The summed E-state index contributed by atoms with van der Waals surface area (Å²) in [5, 5.41) is 11.4. The molecular weight excluding hydrogens is 352 g/mol. The van der Waals surface area contributed by atoms with Crippen LogP contribution >= 0.6 is 0 Å². The minimum absolute atomic E-state index is 0.377. The number of nitrogens with one attached hydrogen (secondary N) is 1. The second kappa shape index (κ2) is 7.56. The van der Waals surface area contributed by atoms with E-state index >= 15 is 0 Å². The number of methoxy groups -OCH3 is 1. The lowest BCUT2D eigenvalue weighted by Gasteiger charge is -2.10. The molecule has 0 radical (unpaired) electrons. The van der Waals surface area contributed by atoms with E-state index < -0.39 is 0 Å². The van der Waals surface area contributed by atoms with E-state index in [-0.39, 0.29) is 0 Å². The number of aromatic nitrogens is 5. The predicted octanol–water partition coefficient (Wildman–Crippen LogP) is 4.36. The molecule has 0 fully saturated rings. The zero-order valence-corrected chi connectivity index (χ0v) is 15.9. The van der Waals surface area contributed by atoms with Gasteiger partial charge in [-0.1, -0.05) is 13.8 Å². The standard InChI is InChI=1S/C21H20N6O/c1-13(2)14-10-20(27-24-12-14)26-19-7-6-17-18(25-19)9-15(11-23-17)16-5-4-8-22-21(16)28-3/h4-13H,1-3H3,(H,25,26,27). The molecule has 0 amide bonds. The van der Waals surface area contributed by atoms with Gasteiger partial charge < -0.3 is 10.1 Å². The number of hydrogen-bond donors (Lipinski definition) is 1. The van der Waals surface area contributed by atoms with Crippen LogP contribution in [0.3, 0.4) is 0 Å². The molecule has 0 aromatic carbocycles. The van der Waals surface area contributed by atoms with E-state index in [1.807, 2.05) is 36.4 Å². The fourth-order valence-electron chi connectivity index (χ4n) is 2.89. The Bertz CT molecular complexity index is 1130. The van der Waals surface area contributed by atoms with Gasteiger partial charge in [0.15, 0.2) is 5.82 Å². The Morgan fingerprint density at radius 2 is 1.86 bits per heavy atom. The van der Waals surface area contributed by atoms with Crippen molar-refractivity contribution in [2.75, 3.05) is 12.4 Å². The van der Waals surface area contributed by atoms with Crippen molar-refractivity contribution in [3.05, 3.63) is 60.6 Å². The third-order valence-corrected chi connectivity index (χ3v) is 4.41. The summed E-state index contributed by atoms with van der Waals surface area (Å²) in [5.74, 6) is 2.27. The van der Waals surface area contributed by atoms with Crippen LogP contribution in [0, 0.1) is 0 Å². The number of nitrogens with zero attached hydrogens (tertiary/aromatic N) is 5. The Morgan fingerprint density at radius 3 is 2.68 bits per heavy atom. The van der Waals surface area contributed by atoms with Crippen LogP contribution in [0.4, 0.5) is 11.6 Å². The maximum absolute atomic E-state index is 5.36. The van der Waals surface area contributed by atoms with E-state index in [2.05, 4.69) is 44.3 Å². The molecule has 140 valence electrons. The average molecular weight is 372 g/mol. The number of ether oxygens (including phenoxy) is 1. The molecule has 0 saturated heterocycles. The molecule has 4 rings (SSSR count). The Morgan fingerprint density at radius 1 is 0.964 bits per heavy atom. The lowest BCUT2D eigenvalue weighted by molar-refractivity contribution is 0.399. The first-order valence-electron chi connectivity index (χ1n) is 9.00. The highest BCUT2D eigenvalue weighted by atomic mass is 16.5. The molecule has 0 saturated carbocycles. The van der Waals surface area contributed by atoms with E-state index in [0.29, 0.717) is 23.4 Å². The van der Waals surface area contributed by atoms with E-state index in [9.17, 15) is 0 Å². The van der Waals surface area contributed by atoms with Gasteiger partial charge in [-0.2, -0.15) is 5.10 Å². The Kier molecular flexibility index (Phi) is 4.80. The van der Waals surface area contributed by atoms with Crippen molar-refractivity contribution < 1.29 is 4.74 Å². The zero-order chi connectivity index (χ0) is 19.5. The summed E-state index contributed by atoms with van der Waals surface area (Å²) in [7, 11) is 1.60. The Labute approximate surface area is 162 Å². The average Bonchev–Trinajstić information content (AvgIpc) is 2.73. The van der Waals surface area contributed by atoms with Gasteiger partial charge in [-0.05, 0) is 47.9 Å². The molecule has 4 heterocycles. The van der Waals surface area contributed by atoms with Gasteiger partial charge in [-0.25, -0.2) is 9.97 Å². The van der Waals surface area contributed by atoms with Crippen LogP contribution < -0.4 is 10.1 Å². The maximum atomic E-state index is 5.36.